The molecule has 0 saturated heterocycles. The fraction of sp³-hybridized carbons (Fsp3) is 0.400. The number of nitrogens with zero attached hydrogens (tertiary/aromatic N) is 3. The molecule has 3 aromatic rings. The number of hydrogen-bond acceptors (Lipinski definition) is 5. The molecule has 1 amide bonds. The molecule has 0 bridgehead atoms. The lowest BCUT2D eigenvalue weighted by molar-refractivity contribution is 0.0949. The molecule has 32 heavy (non-hydrogen) atoms. The number of aromatic nitrogens is 3. The monoisotopic (exact) mass is 452 g/mol. The van der Waals surface area contributed by atoms with Crippen molar-refractivity contribution in [1.82, 2.24) is 20.1 Å². The molecule has 1 N–H and O–H groups in total. The van der Waals surface area contributed by atoms with Gasteiger partial charge in [-0.1, -0.05) is 50.6 Å². The van der Waals surface area contributed by atoms with Crippen molar-refractivity contribution in [1.29, 1.82) is 0 Å². The van der Waals surface area contributed by atoms with E-state index in [-0.39, 0.29) is 5.91 Å². The Morgan fingerprint density at radius 1 is 1.06 bits per heavy atom. The van der Waals surface area contributed by atoms with Gasteiger partial charge >= 0.3 is 0 Å². The zero-order valence-electron chi connectivity index (χ0n) is 19.1. The van der Waals surface area contributed by atoms with Gasteiger partial charge in [-0.2, -0.15) is 0 Å². The van der Waals surface area contributed by atoms with Crippen LogP contribution >= 0.6 is 11.8 Å². The Labute approximate surface area is 194 Å². The van der Waals surface area contributed by atoms with Crippen LogP contribution in [-0.4, -0.2) is 33.0 Å². The predicted octanol–water partition coefficient (Wildman–Crippen LogP) is 5.58. The van der Waals surface area contributed by atoms with E-state index in [2.05, 4.69) is 48.4 Å². The number of nitrogens with one attached hydrogen (secondary N) is 1. The number of unbranched alkanes of at least 4 members (excludes halogenated alkanes) is 2. The molecule has 0 saturated carbocycles. The number of amides is 1. The van der Waals surface area contributed by atoms with Gasteiger partial charge in [0, 0.05) is 17.0 Å². The van der Waals surface area contributed by atoms with E-state index in [4.69, 9.17) is 4.74 Å². The van der Waals surface area contributed by atoms with E-state index in [9.17, 15) is 4.79 Å². The van der Waals surface area contributed by atoms with E-state index in [0.29, 0.717) is 24.5 Å². The molecule has 0 unspecified atom stereocenters. The predicted molar refractivity (Wildman–Crippen MR) is 130 cm³/mol. The molecular formula is C25H32N4O2S. The highest BCUT2D eigenvalue weighted by Crippen LogP contribution is 2.24. The summed E-state index contributed by atoms with van der Waals surface area (Å²) >= 11 is 1.70. The maximum Gasteiger partial charge on any atom is 0.251 e. The largest absolute Gasteiger partial charge is 0.494 e. The molecule has 3 rings (SSSR count). The summed E-state index contributed by atoms with van der Waals surface area (Å²) in [5.74, 6) is 2.33. The number of carbonyl (C=O) groups is 1. The van der Waals surface area contributed by atoms with E-state index in [1.165, 1.54) is 0 Å². The number of benzene rings is 2. The Morgan fingerprint density at radius 3 is 2.56 bits per heavy atom. The van der Waals surface area contributed by atoms with Gasteiger partial charge in [0.15, 0.2) is 11.0 Å². The summed E-state index contributed by atoms with van der Waals surface area (Å²) in [6, 6.07) is 15.5. The van der Waals surface area contributed by atoms with Crippen molar-refractivity contribution < 1.29 is 9.53 Å². The molecule has 2 aromatic carbocycles. The maximum absolute atomic E-state index is 12.7. The molecule has 7 heteroatoms. The Balaban J connectivity index is 1.70. The zero-order valence-corrected chi connectivity index (χ0v) is 20.0. The molecule has 0 radical (unpaired) electrons. The molecule has 6 nitrogen and oxygen atoms in total. The normalized spacial score (nSPS) is 10.8. The first-order valence-corrected chi connectivity index (χ1v) is 12.3. The topological polar surface area (TPSA) is 69.0 Å². The van der Waals surface area contributed by atoms with Gasteiger partial charge in [0.25, 0.3) is 5.91 Å². The molecule has 0 aliphatic rings. The summed E-state index contributed by atoms with van der Waals surface area (Å²) in [6.07, 6.45) is 4.36. The van der Waals surface area contributed by atoms with Crippen LogP contribution in [0.1, 0.15) is 61.3 Å². The lowest BCUT2D eigenvalue weighted by Crippen LogP contribution is -2.24. The highest BCUT2D eigenvalue weighted by Gasteiger charge is 2.16. The third-order valence-electron chi connectivity index (χ3n) is 4.98. The van der Waals surface area contributed by atoms with Gasteiger partial charge < -0.3 is 10.1 Å². The van der Waals surface area contributed by atoms with Gasteiger partial charge in [0.2, 0.25) is 0 Å². The van der Waals surface area contributed by atoms with Crippen molar-refractivity contribution in [2.24, 2.45) is 0 Å². The minimum absolute atomic E-state index is 0.149. The van der Waals surface area contributed by atoms with Crippen molar-refractivity contribution in [2.75, 3.05) is 12.4 Å². The fourth-order valence-corrected chi connectivity index (χ4v) is 4.19. The smallest absolute Gasteiger partial charge is 0.251 e. The molecule has 0 fully saturated rings. The van der Waals surface area contributed by atoms with Crippen LogP contribution in [0.4, 0.5) is 0 Å². The highest BCUT2D eigenvalue weighted by molar-refractivity contribution is 7.99. The third-order valence-corrected chi connectivity index (χ3v) is 5.99. The second-order valence-electron chi connectivity index (χ2n) is 7.68. The Morgan fingerprint density at radius 2 is 1.84 bits per heavy atom. The first kappa shape index (κ1) is 23.9. The zero-order chi connectivity index (χ0) is 22.8. The van der Waals surface area contributed by atoms with Crippen molar-refractivity contribution in [2.45, 2.75) is 58.2 Å². The van der Waals surface area contributed by atoms with Crippen LogP contribution < -0.4 is 10.1 Å². The van der Waals surface area contributed by atoms with Gasteiger partial charge in [-0.15, -0.1) is 10.2 Å². The van der Waals surface area contributed by atoms with Crippen molar-refractivity contribution in [3.05, 3.63) is 65.5 Å². The summed E-state index contributed by atoms with van der Waals surface area (Å²) < 4.78 is 7.71. The van der Waals surface area contributed by atoms with Gasteiger partial charge in [0.1, 0.15) is 5.75 Å². The van der Waals surface area contributed by atoms with Crippen LogP contribution in [0.25, 0.3) is 5.69 Å². The Bertz CT molecular complexity index is 1000. The maximum atomic E-state index is 12.7. The van der Waals surface area contributed by atoms with Gasteiger partial charge in [-0.05, 0) is 61.7 Å². The van der Waals surface area contributed by atoms with Crippen LogP contribution in [0.5, 0.6) is 5.75 Å². The number of carbonyl (C=O) groups excluding carboxylic acids is 1. The first-order valence-electron chi connectivity index (χ1n) is 11.3. The lowest BCUT2D eigenvalue weighted by Gasteiger charge is -2.12. The van der Waals surface area contributed by atoms with Crippen molar-refractivity contribution in [3.63, 3.8) is 0 Å². The molecule has 1 aromatic heterocycles. The molecular weight excluding hydrogens is 420 g/mol. The minimum Gasteiger partial charge on any atom is -0.494 e. The molecule has 0 spiro atoms. The highest BCUT2D eigenvalue weighted by atomic mass is 32.2. The number of ether oxygens (including phenoxy) is 1. The SMILES string of the molecule is CCCCOc1ccc(C(=O)NCc2nnc(SCCCC)n2-c2cccc(C)c2)cc1. The Hall–Kier alpha value is -2.80. The number of hydrogen-bond donors (Lipinski definition) is 1. The molecule has 0 aliphatic heterocycles. The second kappa shape index (κ2) is 12.3. The number of rotatable bonds is 12. The van der Waals surface area contributed by atoms with Crippen LogP contribution in [0.2, 0.25) is 0 Å². The molecule has 0 aliphatic carbocycles. The third kappa shape index (κ3) is 6.60. The van der Waals surface area contributed by atoms with Crippen LogP contribution in [-0.2, 0) is 6.54 Å². The first-order chi connectivity index (χ1) is 15.6. The second-order valence-corrected chi connectivity index (χ2v) is 8.75. The van der Waals surface area contributed by atoms with Crippen molar-refractivity contribution in [3.8, 4) is 11.4 Å². The summed E-state index contributed by atoms with van der Waals surface area (Å²) in [5.41, 5.74) is 2.76. The average Bonchev–Trinajstić information content (AvgIpc) is 3.21. The van der Waals surface area contributed by atoms with E-state index >= 15 is 0 Å². The van der Waals surface area contributed by atoms with E-state index < -0.39 is 0 Å². The standard InChI is InChI=1S/C25H32N4O2S/c1-4-6-15-31-22-13-11-20(12-14-22)24(30)26-18-23-27-28-25(32-16-7-5-2)29(23)21-10-8-9-19(3)17-21/h8-14,17H,4-7,15-16,18H2,1-3H3,(H,26,30). The summed E-state index contributed by atoms with van der Waals surface area (Å²) in [4.78, 5) is 12.7. The van der Waals surface area contributed by atoms with Gasteiger partial charge in [-0.25, -0.2) is 0 Å². The summed E-state index contributed by atoms with van der Waals surface area (Å²) in [5, 5.41) is 12.6. The summed E-state index contributed by atoms with van der Waals surface area (Å²) in [7, 11) is 0. The van der Waals surface area contributed by atoms with Crippen LogP contribution in [0.3, 0.4) is 0 Å². The minimum atomic E-state index is -0.149. The number of aryl methyl sites for hydroxylation is 1. The molecule has 170 valence electrons. The quantitative estimate of drug-likeness (QED) is 0.287. The van der Waals surface area contributed by atoms with E-state index in [1.54, 1.807) is 23.9 Å². The average molecular weight is 453 g/mol. The van der Waals surface area contributed by atoms with Gasteiger partial charge in [0.05, 0.1) is 13.2 Å². The number of thioether (sulfide) groups is 1. The lowest BCUT2D eigenvalue weighted by atomic mass is 10.2. The molecule has 1 heterocycles. The van der Waals surface area contributed by atoms with Crippen LogP contribution in [0, 0.1) is 6.92 Å². The van der Waals surface area contributed by atoms with E-state index in [1.807, 2.05) is 28.8 Å². The van der Waals surface area contributed by atoms with Crippen LogP contribution in [0.15, 0.2) is 53.7 Å². The van der Waals surface area contributed by atoms with Gasteiger partial charge in [-0.3, -0.25) is 9.36 Å². The van der Waals surface area contributed by atoms with E-state index in [0.717, 1.165) is 53.6 Å². The summed E-state index contributed by atoms with van der Waals surface area (Å²) in [6.45, 7) is 7.35. The fourth-order valence-electron chi connectivity index (χ4n) is 3.14. The molecule has 0 atom stereocenters. The Kier molecular flexibility index (Phi) is 9.16. The van der Waals surface area contributed by atoms with Crippen molar-refractivity contribution >= 4 is 17.7 Å².